The van der Waals surface area contributed by atoms with E-state index in [4.69, 9.17) is 5.73 Å². The summed E-state index contributed by atoms with van der Waals surface area (Å²) in [6, 6.07) is 14.2. The van der Waals surface area contributed by atoms with Gasteiger partial charge in [0.2, 0.25) is 5.91 Å². The molecule has 1 saturated heterocycles. The summed E-state index contributed by atoms with van der Waals surface area (Å²) >= 11 is 1.44. The Balaban J connectivity index is 1.50. The van der Waals surface area contributed by atoms with Gasteiger partial charge in [0.25, 0.3) is 5.91 Å². The van der Waals surface area contributed by atoms with Crippen molar-refractivity contribution in [2.24, 2.45) is 11.7 Å². The van der Waals surface area contributed by atoms with E-state index in [0.29, 0.717) is 37.0 Å². The molecule has 1 aliphatic carbocycles. The lowest BCUT2D eigenvalue weighted by atomic mass is 9.87. The summed E-state index contributed by atoms with van der Waals surface area (Å²) in [6.07, 6.45) is 9.20. The molecule has 2 aliphatic rings. The van der Waals surface area contributed by atoms with Gasteiger partial charge in [-0.2, -0.15) is 0 Å². The van der Waals surface area contributed by atoms with Gasteiger partial charge in [-0.25, -0.2) is 0 Å². The predicted molar refractivity (Wildman–Crippen MR) is 143 cm³/mol. The van der Waals surface area contributed by atoms with Gasteiger partial charge in [0, 0.05) is 38.8 Å². The zero-order chi connectivity index (χ0) is 24.5. The van der Waals surface area contributed by atoms with Crippen molar-refractivity contribution in [1.29, 1.82) is 0 Å². The summed E-state index contributed by atoms with van der Waals surface area (Å²) in [5.74, 6) is 0.620. The number of carbonyl (C=O) groups is 2. The number of likely N-dealkylation sites (tertiary alicyclic amines) is 1. The second-order valence-corrected chi connectivity index (χ2v) is 10.9. The minimum Gasteiger partial charge on any atom is -0.353 e. The lowest BCUT2D eigenvalue weighted by Crippen LogP contribution is -2.58. The van der Waals surface area contributed by atoms with E-state index in [1.165, 1.54) is 49.0 Å². The fourth-order valence-corrected chi connectivity index (χ4v) is 6.35. The molecule has 1 aromatic heterocycles. The van der Waals surface area contributed by atoms with Crippen LogP contribution in [0, 0.1) is 5.92 Å². The Morgan fingerprint density at radius 1 is 1.06 bits per heavy atom. The summed E-state index contributed by atoms with van der Waals surface area (Å²) in [6.45, 7) is 3.51. The molecule has 4 rings (SSSR count). The second-order valence-electron chi connectivity index (χ2n) is 9.98. The number of amides is 2. The third-order valence-corrected chi connectivity index (χ3v) is 8.44. The number of nitrogens with two attached hydrogens (primary N) is 1. The van der Waals surface area contributed by atoms with E-state index in [-0.39, 0.29) is 11.8 Å². The van der Waals surface area contributed by atoms with Crippen LogP contribution in [0.25, 0.3) is 0 Å². The summed E-state index contributed by atoms with van der Waals surface area (Å²) < 4.78 is 0. The highest BCUT2D eigenvalue weighted by Gasteiger charge is 2.39. The van der Waals surface area contributed by atoms with Gasteiger partial charge >= 0.3 is 0 Å². The Morgan fingerprint density at radius 2 is 1.86 bits per heavy atom. The van der Waals surface area contributed by atoms with Crippen LogP contribution in [0.2, 0.25) is 0 Å². The van der Waals surface area contributed by atoms with Crippen molar-refractivity contribution in [3.63, 3.8) is 0 Å². The van der Waals surface area contributed by atoms with Gasteiger partial charge in [0.15, 0.2) is 0 Å². The summed E-state index contributed by atoms with van der Waals surface area (Å²) in [7, 11) is 0. The molecule has 2 aromatic rings. The van der Waals surface area contributed by atoms with Gasteiger partial charge in [-0.05, 0) is 55.0 Å². The van der Waals surface area contributed by atoms with Crippen LogP contribution in [0.5, 0.6) is 0 Å². The van der Waals surface area contributed by atoms with Crippen LogP contribution >= 0.6 is 11.3 Å². The SMILES string of the molecule is NCCNC(=O)[C@H]1CC(N(CCc2ccccc2)CC2CCCCC2)CCN1C(=O)c1cccs1. The van der Waals surface area contributed by atoms with Crippen molar-refractivity contribution >= 4 is 23.2 Å². The first-order valence-corrected chi connectivity index (χ1v) is 14.1. The lowest BCUT2D eigenvalue weighted by Gasteiger charge is -2.44. The number of hydrogen-bond donors (Lipinski definition) is 2. The summed E-state index contributed by atoms with van der Waals surface area (Å²) in [4.78, 5) is 31.6. The first-order chi connectivity index (χ1) is 17.2. The smallest absolute Gasteiger partial charge is 0.264 e. The van der Waals surface area contributed by atoms with Crippen LogP contribution < -0.4 is 11.1 Å². The van der Waals surface area contributed by atoms with Crippen LogP contribution in [-0.2, 0) is 11.2 Å². The minimum absolute atomic E-state index is 0.0329. The van der Waals surface area contributed by atoms with Gasteiger partial charge in [-0.1, -0.05) is 55.7 Å². The standard InChI is InChI=1S/C28H40N4O2S/c29-15-16-30-27(33)25-20-24(14-18-32(25)28(34)26-12-7-19-35-26)31(21-23-10-5-2-6-11-23)17-13-22-8-3-1-4-9-22/h1,3-4,7-9,12,19,23-25H,2,5-6,10-11,13-18,20-21,29H2,(H,30,33)/t24?,25-/m1/s1. The molecule has 0 bridgehead atoms. The van der Waals surface area contributed by atoms with Gasteiger partial charge in [0.1, 0.15) is 6.04 Å². The lowest BCUT2D eigenvalue weighted by molar-refractivity contribution is -0.127. The number of carbonyl (C=O) groups excluding carboxylic acids is 2. The highest BCUT2D eigenvalue weighted by molar-refractivity contribution is 7.12. The number of nitrogens with zero attached hydrogens (tertiary/aromatic N) is 2. The maximum atomic E-state index is 13.3. The molecule has 3 N–H and O–H groups in total. The molecule has 2 amide bonds. The average Bonchev–Trinajstić information content (AvgIpc) is 3.45. The number of nitrogens with one attached hydrogen (secondary N) is 1. The monoisotopic (exact) mass is 496 g/mol. The maximum Gasteiger partial charge on any atom is 0.264 e. The molecule has 2 heterocycles. The fraction of sp³-hybridized carbons (Fsp3) is 0.571. The Labute approximate surface area is 213 Å². The molecule has 1 aliphatic heterocycles. The van der Waals surface area contributed by atoms with Crippen LogP contribution in [0.15, 0.2) is 47.8 Å². The second kappa shape index (κ2) is 13.2. The fourth-order valence-electron chi connectivity index (χ4n) is 5.67. The summed E-state index contributed by atoms with van der Waals surface area (Å²) in [5, 5.41) is 4.87. The first kappa shape index (κ1) is 25.9. The van der Waals surface area contributed by atoms with Crippen LogP contribution in [0.1, 0.15) is 60.2 Å². The number of thiophene rings is 1. The Hall–Kier alpha value is -2.22. The molecule has 0 spiro atoms. The molecular weight excluding hydrogens is 456 g/mol. The molecule has 0 radical (unpaired) electrons. The molecule has 6 nitrogen and oxygen atoms in total. The molecular formula is C28H40N4O2S. The molecule has 2 fully saturated rings. The number of benzene rings is 1. The zero-order valence-electron chi connectivity index (χ0n) is 20.7. The van der Waals surface area contributed by atoms with E-state index in [0.717, 1.165) is 31.8 Å². The zero-order valence-corrected chi connectivity index (χ0v) is 21.6. The van der Waals surface area contributed by atoms with Crippen molar-refractivity contribution in [3.8, 4) is 0 Å². The average molecular weight is 497 g/mol. The molecule has 190 valence electrons. The van der Waals surface area contributed by atoms with Crippen LogP contribution in [0.4, 0.5) is 0 Å². The van der Waals surface area contributed by atoms with Crippen molar-refractivity contribution in [2.45, 2.75) is 63.5 Å². The number of hydrogen-bond acceptors (Lipinski definition) is 5. The van der Waals surface area contributed by atoms with Crippen LogP contribution in [-0.4, -0.2) is 66.4 Å². The molecule has 35 heavy (non-hydrogen) atoms. The first-order valence-electron chi connectivity index (χ1n) is 13.3. The van der Waals surface area contributed by atoms with Crippen molar-refractivity contribution in [1.82, 2.24) is 15.1 Å². The maximum absolute atomic E-state index is 13.3. The molecule has 1 unspecified atom stereocenters. The Bertz CT molecular complexity index is 914. The normalized spacial score (nSPS) is 21.3. The largest absolute Gasteiger partial charge is 0.353 e. The Morgan fingerprint density at radius 3 is 2.57 bits per heavy atom. The van der Waals surface area contributed by atoms with E-state index in [2.05, 4.69) is 40.5 Å². The minimum atomic E-state index is -0.458. The highest BCUT2D eigenvalue weighted by Crippen LogP contribution is 2.29. The van der Waals surface area contributed by atoms with Crippen molar-refractivity contribution in [2.75, 3.05) is 32.7 Å². The number of piperidine rings is 1. The van der Waals surface area contributed by atoms with Gasteiger partial charge < -0.3 is 16.0 Å². The van der Waals surface area contributed by atoms with E-state index >= 15 is 0 Å². The van der Waals surface area contributed by atoms with Crippen molar-refractivity contribution in [3.05, 3.63) is 58.3 Å². The number of rotatable bonds is 10. The van der Waals surface area contributed by atoms with Gasteiger partial charge in [-0.3, -0.25) is 14.5 Å². The molecule has 2 atom stereocenters. The Kier molecular flexibility index (Phi) is 9.74. The quantitative estimate of drug-likeness (QED) is 0.523. The molecule has 1 aromatic carbocycles. The van der Waals surface area contributed by atoms with E-state index in [1.54, 1.807) is 4.90 Å². The molecule has 1 saturated carbocycles. The van der Waals surface area contributed by atoms with Crippen molar-refractivity contribution < 1.29 is 9.59 Å². The van der Waals surface area contributed by atoms with Gasteiger partial charge in [-0.15, -0.1) is 11.3 Å². The predicted octanol–water partition coefficient (Wildman–Crippen LogP) is 3.92. The van der Waals surface area contributed by atoms with E-state index in [1.807, 2.05) is 17.5 Å². The molecule has 7 heteroatoms. The van der Waals surface area contributed by atoms with E-state index in [9.17, 15) is 9.59 Å². The summed E-state index contributed by atoms with van der Waals surface area (Å²) in [5.41, 5.74) is 7.00. The topological polar surface area (TPSA) is 78.7 Å². The third-order valence-electron chi connectivity index (χ3n) is 7.58. The van der Waals surface area contributed by atoms with Crippen LogP contribution in [0.3, 0.4) is 0 Å². The van der Waals surface area contributed by atoms with E-state index < -0.39 is 6.04 Å². The van der Waals surface area contributed by atoms with Gasteiger partial charge in [0.05, 0.1) is 4.88 Å². The highest BCUT2D eigenvalue weighted by atomic mass is 32.1. The third kappa shape index (κ3) is 7.15.